The van der Waals surface area contributed by atoms with Gasteiger partial charge < -0.3 is 4.52 Å². The molecule has 1 saturated heterocycles. The number of rotatable bonds is 2. The van der Waals surface area contributed by atoms with Crippen LogP contribution in [0.15, 0.2) is 4.52 Å². The fourth-order valence-corrected chi connectivity index (χ4v) is 2.50. The molecule has 0 radical (unpaired) electrons. The third-order valence-corrected chi connectivity index (χ3v) is 3.37. The van der Waals surface area contributed by atoms with E-state index < -0.39 is 0 Å². The Hall–Kier alpha value is -0.510. The van der Waals surface area contributed by atoms with Crippen LogP contribution in [-0.2, 0) is 6.42 Å². The van der Waals surface area contributed by atoms with Gasteiger partial charge in [0, 0.05) is 6.42 Å². The Morgan fingerprint density at radius 1 is 1.67 bits per heavy atom. The van der Waals surface area contributed by atoms with Gasteiger partial charge in [-0.2, -0.15) is 4.98 Å². The van der Waals surface area contributed by atoms with E-state index in [-0.39, 0.29) is 0 Å². The molecule has 0 aliphatic carbocycles. The molecule has 1 unspecified atom stereocenters. The molecule has 0 N–H and O–H groups in total. The van der Waals surface area contributed by atoms with Gasteiger partial charge in [-0.15, -0.1) is 11.8 Å². The summed E-state index contributed by atoms with van der Waals surface area (Å²) in [6.45, 7) is 2.04. The maximum absolute atomic E-state index is 5.16. The van der Waals surface area contributed by atoms with Crippen molar-refractivity contribution in [2.45, 2.75) is 31.4 Å². The summed E-state index contributed by atoms with van der Waals surface area (Å²) in [5.41, 5.74) is 0. The standard InChI is InChI=1S/C8H12N2OS/c1-2-7-9-8(11-10-7)6-4-3-5-12-6/h6H,2-5H2,1H3. The van der Waals surface area contributed by atoms with Gasteiger partial charge in [0.15, 0.2) is 5.82 Å². The van der Waals surface area contributed by atoms with Crippen LogP contribution >= 0.6 is 11.8 Å². The van der Waals surface area contributed by atoms with E-state index in [2.05, 4.69) is 10.1 Å². The molecule has 1 aromatic heterocycles. The zero-order chi connectivity index (χ0) is 8.39. The van der Waals surface area contributed by atoms with Gasteiger partial charge in [-0.3, -0.25) is 0 Å². The Kier molecular flexibility index (Phi) is 2.35. The molecule has 1 aliphatic rings. The molecule has 0 aromatic carbocycles. The van der Waals surface area contributed by atoms with Crippen LogP contribution in [0.3, 0.4) is 0 Å². The average Bonchev–Trinajstić information content (AvgIpc) is 2.75. The van der Waals surface area contributed by atoms with E-state index in [0.29, 0.717) is 5.25 Å². The van der Waals surface area contributed by atoms with E-state index in [4.69, 9.17) is 4.52 Å². The van der Waals surface area contributed by atoms with Gasteiger partial charge in [0.2, 0.25) is 5.89 Å². The fourth-order valence-electron chi connectivity index (χ4n) is 1.31. The van der Waals surface area contributed by atoms with Crippen molar-refractivity contribution < 1.29 is 4.52 Å². The Labute approximate surface area is 75.9 Å². The second-order valence-electron chi connectivity index (χ2n) is 2.90. The fraction of sp³-hybridized carbons (Fsp3) is 0.750. The Balaban J connectivity index is 2.11. The van der Waals surface area contributed by atoms with Crippen molar-refractivity contribution in [3.8, 4) is 0 Å². The van der Waals surface area contributed by atoms with Crippen LogP contribution in [0.25, 0.3) is 0 Å². The molecule has 2 rings (SSSR count). The van der Waals surface area contributed by atoms with Crippen LogP contribution < -0.4 is 0 Å². The van der Waals surface area contributed by atoms with Gasteiger partial charge in [0.25, 0.3) is 0 Å². The summed E-state index contributed by atoms with van der Waals surface area (Å²) in [4.78, 5) is 4.31. The molecule has 2 heterocycles. The summed E-state index contributed by atoms with van der Waals surface area (Å²) in [6, 6.07) is 0. The first-order valence-electron chi connectivity index (χ1n) is 4.34. The molecule has 0 bridgehead atoms. The van der Waals surface area contributed by atoms with Crippen LogP contribution in [0.5, 0.6) is 0 Å². The van der Waals surface area contributed by atoms with Crippen molar-refractivity contribution in [3.05, 3.63) is 11.7 Å². The summed E-state index contributed by atoms with van der Waals surface area (Å²) >= 11 is 1.92. The van der Waals surface area contributed by atoms with Gasteiger partial charge in [-0.1, -0.05) is 12.1 Å². The maximum Gasteiger partial charge on any atom is 0.239 e. The van der Waals surface area contributed by atoms with Crippen molar-refractivity contribution in [2.24, 2.45) is 0 Å². The van der Waals surface area contributed by atoms with Crippen molar-refractivity contribution >= 4 is 11.8 Å². The lowest BCUT2D eigenvalue weighted by Crippen LogP contribution is -1.89. The van der Waals surface area contributed by atoms with Crippen LogP contribution in [0, 0.1) is 0 Å². The Morgan fingerprint density at radius 3 is 3.17 bits per heavy atom. The van der Waals surface area contributed by atoms with E-state index in [0.717, 1.165) is 18.1 Å². The minimum atomic E-state index is 0.470. The third-order valence-electron chi connectivity index (χ3n) is 2.01. The number of aromatic nitrogens is 2. The highest BCUT2D eigenvalue weighted by molar-refractivity contribution is 7.99. The van der Waals surface area contributed by atoms with Gasteiger partial charge in [-0.05, 0) is 18.6 Å². The molecule has 4 heteroatoms. The lowest BCUT2D eigenvalue weighted by Gasteiger charge is -1.98. The highest BCUT2D eigenvalue weighted by Gasteiger charge is 2.23. The smallest absolute Gasteiger partial charge is 0.239 e. The van der Waals surface area contributed by atoms with Crippen LogP contribution in [0.2, 0.25) is 0 Å². The van der Waals surface area contributed by atoms with Gasteiger partial charge in [0.05, 0.1) is 5.25 Å². The highest BCUT2D eigenvalue weighted by atomic mass is 32.2. The third kappa shape index (κ3) is 1.48. The van der Waals surface area contributed by atoms with Gasteiger partial charge >= 0.3 is 0 Å². The van der Waals surface area contributed by atoms with Crippen molar-refractivity contribution in [1.29, 1.82) is 0 Å². The summed E-state index contributed by atoms with van der Waals surface area (Å²) in [6.07, 6.45) is 3.33. The van der Waals surface area contributed by atoms with Gasteiger partial charge in [0.1, 0.15) is 0 Å². The normalized spacial score (nSPS) is 23.2. The second kappa shape index (κ2) is 3.47. The first-order valence-corrected chi connectivity index (χ1v) is 5.39. The zero-order valence-electron chi connectivity index (χ0n) is 7.12. The zero-order valence-corrected chi connectivity index (χ0v) is 7.93. The molecule has 1 aliphatic heterocycles. The monoisotopic (exact) mass is 184 g/mol. The van der Waals surface area contributed by atoms with E-state index in [1.807, 2.05) is 18.7 Å². The van der Waals surface area contributed by atoms with Crippen LogP contribution in [0.4, 0.5) is 0 Å². The molecule has 0 amide bonds. The molecule has 1 aromatic rings. The van der Waals surface area contributed by atoms with E-state index >= 15 is 0 Å². The molecule has 66 valence electrons. The van der Waals surface area contributed by atoms with Crippen LogP contribution in [0.1, 0.15) is 36.7 Å². The molecule has 3 nitrogen and oxygen atoms in total. The maximum atomic E-state index is 5.16. The lowest BCUT2D eigenvalue weighted by atomic mass is 10.2. The molecule has 0 saturated carbocycles. The predicted molar refractivity (Wildman–Crippen MR) is 48.1 cm³/mol. The Bertz CT molecular complexity index is 255. The second-order valence-corrected chi connectivity index (χ2v) is 4.21. The molecular weight excluding hydrogens is 172 g/mol. The molecule has 0 spiro atoms. The quantitative estimate of drug-likeness (QED) is 0.706. The number of thioether (sulfide) groups is 1. The number of hydrogen-bond donors (Lipinski definition) is 0. The molecule has 1 fully saturated rings. The lowest BCUT2D eigenvalue weighted by molar-refractivity contribution is 0.370. The van der Waals surface area contributed by atoms with Crippen LogP contribution in [-0.4, -0.2) is 15.9 Å². The van der Waals surface area contributed by atoms with E-state index in [1.165, 1.54) is 18.6 Å². The minimum absolute atomic E-state index is 0.470. The summed E-state index contributed by atoms with van der Waals surface area (Å²) < 4.78 is 5.16. The average molecular weight is 184 g/mol. The highest BCUT2D eigenvalue weighted by Crippen LogP contribution is 2.38. The molecular formula is C8H12N2OS. The van der Waals surface area contributed by atoms with Crippen molar-refractivity contribution in [2.75, 3.05) is 5.75 Å². The van der Waals surface area contributed by atoms with Crippen molar-refractivity contribution in [3.63, 3.8) is 0 Å². The minimum Gasteiger partial charge on any atom is -0.338 e. The summed E-state index contributed by atoms with van der Waals surface area (Å²) in [5, 5.41) is 4.35. The molecule has 1 atom stereocenters. The predicted octanol–water partition coefficient (Wildman–Crippen LogP) is 2.20. The number of hydrogen-bond acceptors (Lipinski definition) is 4. The summed E-state index contributed by atoms with van der Waals surface area (Å²) in [7, 11) is 0. The number of nitrogens with zero attached hydrogens (tertiary/aromatic N) is 2. The van der Waals surface area contributed by atoms with Crippen molar-refractivity contribution in [1.82, 2.24) is 10.1 Å². The van der Waals surface area contributed by atoms with Gasteiger partial charge in [-0.25, -0.2) is 0 Å². The summed E-state index contributed by atoms with van der Waals surface area (Å²) in [5.74, 6) is 2.89. The van der Waals surface area contributed by atoms with E-state index in [9.17, 15) is 0 Å². The Morgan fingerprint density at radius 2 is 2.58 bits per heavy atom. The first-order chi connectivity index (χ1) is 5.90. The first kappa shape index (κ1) is 8.10. The van der Waals surface area contributed by atoms with E-state index in [1.54, 1.807) is 0 Å². The largest absolute Gasteiger partial charge is 0.338 e. The SMILES string of the molecule is CCc1noc(C2CCCS2)n1. The topological polar surface area (TPSA) is 38.9 Å². The molecule has 12 heavy (non-hydrogen) atoms. The number of aryl methyl sites for hydroxylation is 1.